The maximum atomic E-state index is 5.01. The fourth-order valence-corrected chi connectivity index (χ4v) is 7.63. The predicted molar refractivity (Wildman–Crippen MR) is 189 cm³/mol. The molecule has 0 radical (unpaired) electrons. The first kappa shape index (κ1) is 25.8. The average molecular weight is 592 g/mol. The van der Waals surface area contributed by atoms with Crippen molar-refractivity contribution in [3.63, 3.8) is 0 Å². The molecule has 0 aliphatic rings. The smallest absolute Gasteiger partial charge is 0.164 e. The summed E-state index contributed by atoms with van der Waals surface area (Å²) in [4.78, 5) is 14.9. The normalized spacial score (nSPS) is 11.6. The summed E-state index contributed by atoms with van der Waals surface area (Å²) >= 11 is 1.88. The molecule has 0 N–H and O–H groups in total. The van der Waals surface area contributed by atoms with E-state index >= 15 is 0 Å². The highest BCUT2D eigenvalue weighted by Gasteiger charge is 2.17. The molecule has 9 aromatic rings. The SMILES string of the molecule is c1ccc(-c2nc(-c3ccccc3)nc(-c3cccc(-c4cc5ccccc5c5ccc6c7ccccc7sc6c45)c3)n2)cc1. The van der Waals surface area contributed by atoms with Crippen LogP contribution in [-0.2, 0) is 0 Å². The van der Waals surface area contributed by atoms with Crippen LogP contribution in [0.5, 0.6) is 0 Å². The van der Waals surface area contributed by atoms with Gasteiger partial charge in [0.2, 0.25) is 0 Å². The summed E-state index contributed by atoms with van der Waals surface area (Å²) in [7, 11) is 0. The van der Waals surface area contributed by atoms with Gasteiger partial charge in [0.05, 0.1) is 0 Å². The van der Waals surface area contributed by atoms with Crippen molar-refractivity contribution < 1.29 is 0 Å². The Morgan fingerprint density at radius 2 is 0.933 bits per heavy atom. The third-order valence-corrected chi connectivity index (χ3v) is 9.70. The molecular weight excluding hydrogens is 567 g/mol. The molecule has 7 aromatic carbocycles. The van der Waals surface area contributed by atoms with Gasteiger partial charge < -0.3 is 0 Å². The van der Waals surface area contributed by atoms with Gasteiger partial charge in [0.15, 0.2) is 17.5 Å². The number of hydrogen-bond donors (Lipinski definition) is 0. The summed E-state index contributed by atoms with van der Waals surface area (Å²) in [6.45, 7) is 0. The van der Waals surface area contributed by atoms with Gasteiger partial charge in [-0.3, -0.25) is 0 Å². The van der Waals surface area contributed by atoms with Crippen LogP contribution >= 0.6 is 11.3 Å². The molecule has 0 fully saturated rings. The number of fused-ring (bicyclic) bond motifs is 7. The summed E-state index contributed by atoms with van der Waals surface area (Å²) in [6, 6.07) is 53.3. The van der Waals surface area contributed by atoms with Crippen molar-refractivity contribution in [3.8, 4) is 45.3 Å². The minimum absolute atomic E-state index is 0.654. The number of rotatable bonds is 4. The minimum atomic E-state index is 0.654. The lowest BCUT2D eigenvalue weighted by molar-refractivity contribution is 1.07. The maximum absolute atomic E-state index is 5.01. The molecule has 0 saturated heterocycles. The van der Waals surface area contributed by atoms with Gasteiger partial charge in [0.1, 0.15) is 0 Å². The zero-order chi connectivity index (χ0) is 29.7. The van der Waals surface area contributed by atoms with Gasteiger partial charge in [0.25, 0.3) is 0 Å². The molecule has 45 heavy (non-hydrogen) atoms. The molecule has 0 unspecified atom stereocenters. The van der Waals surface area contributed by atoms with E-state index in [-0.39, 0.29) is 0 Å². The Bertz CT molecular complexity index is 2480. The Morgan fingerprint density at radius 1 is 0.378 bits per heavy atom. The molecule has 0 amide bonds. The second-order valence-electron chi connectivity index (χ2n) is 11.2. The summed E-state index contributed by atoms with van der Waals surface area (Å²) < 4.78 is 2.62. The van der Waals surface area contributed by atoms with Crippen LogP contribution in [0.2, 0.25) is 0 Å². The Kier molecular flexibility index (Phi) is 6.00. The van der Waals surface area contributed by atoms with Crippen molar-refractivity contribution >= 4 is 53.1 Å². The number of nitrogens with zero attached hydrogens (tertiary/aromatic N) is 3. The second kappa shape index (κ2) is 10.5. The average Bonchev–Trinajstić information content (AvgIpc) is 3.51. The quantitative estimate of drug-likeness (QED) is 0.191. The van der Waals surface area contributed by atoms with Crippen molar-refractivity contribution in [2.75, 3.05) is 0 Å². The van der Waals surface area contributed by atoms with Crippen molar-refractivity contribution in [2.24, 2.45) is 0 Å². The monoisotopic (exact) mass is 591 g/mol. The Balaban J connectivity index is 1.30. The molecule has 0 aliphatic carbocycles. The van der Waals surface area contributed by atoms with Gasteiger partial charge in [-0.05, 0) is 45.5 Å². The predicted octanol–water partition coefficient (Wildman–Crippen LogP) is 11.2. The van der Waals surface area contributed by atoms with E-state index in [2.05, 4.69) is 91.0 Å². The molecule has 2 heterocycles. The molecule has 210 valence electrons. The van der Waals surface area contributed by atoms with Gasteiger partial charge >= 0.3 is 0 Å². The number of thiophene rings is 1. The van der Waals surface area contributed by atoms with Crippen molar-refractivity contribution in [2.45, 2.75) is 0 Å². The van der Waals surface area contributed by atoms with Gasteiger partial charge in [-0.1, -0.05) is 133 Å². The van der Waals surface area contributed by atoms with Gasteiger partial charge in [-0.2, -0.15) is 0 Å². The lowest BCUT2D eigenvalue weighted by Gasteiger charge is -2.14. The van der Waals surface area contributed by atoms with Crippen LogP contribution < -0.4 is 0 Å². The fourth-order valence-electron chi connectivity index (χ4n) is 6.37. The zero-order valence-electron chi connectivity index (χ0n) is 24.2. The second-order valence-corrected chi connectivity index (χ2v) is 12.3. The lowest BCUT2D eigenvalue weighted by atomic mass is 9.91. The van der Waals surface area contributed by atoms with Crippen LogP contribution in [0.1, 0.15) is 0 Å². The molecule has 3 nitrogen and oxygen atoms in total. The largest absolute Gasteiger partial charge is 0.208 e. The van der Waals surface area contributed by atoms with Crippen LogP contribution in [0.3, 0.4) is 0 Å². The van der Waals surface area contributed by atoms with E-state index in [9.17, 15) is 0 Å². The number of aromatic nitrogens is 3. The Hall–Kier alpha value is -5.71. The molecule has 9 rings (SSSR count). The molecule has 2 aromatic heterocycles. The first-order valence-electron chi connectivity index (χ1n) is 15.0. The molecule has 0 saturated carbocycles. The molecule has 0 aliphatic heterocycles. The summed E-state index contributed by atoms with van der Waals surface area (Å²) in [5.41, 5.74) is 5.22. The molecule has 0 spiro atoms. The number of hydrogen-bond acceptors (Lipinski definition) is 4. The molecule has 0 bridgehead atoms. The van der Waals surface area contributed by atoms with Crippen LogP contribution in [0, 0.1) is 0 Å². The van der Waals surface area contributed by atoms with Crippen molar-refractivity contribution in [1.82, 2.24) is 15.0 Å². The summed E-state index contributed by atoms with van der Waals surface area (Å²) in [5, 5.41) is 7.65. The summed E-state index contributed by atoms with van der Waals surface area (Å²) in [5.74, 6) is 1.97. The van der Waals surface area contributed by atoms with Crippen LogP contribution in [0.4, 0.5) is 0 Å². The van der Waals surface area contributed by atoms with Gasteiger partial charge in [-0.25, -0.2) is 15.0 Å². The molecular formula is C41H25N3S. The zero-order valence-corrected chi connectivity index (χ0v) is 25.0. The molecule has 0 atom stereocenters. The Labute approximate surface area is 264 Å². The van der Waals surface area contributed by atoms with E-state index in [1.54, 1.807) is 0 Å². The first-order chi connectivity index (χ1) is 22.3. The van der Waals surface area contributed by atoms with Crippen molar-refractivity contribution in [3.05, 3.63) is 152 Å². The van der Waals surface area contributed by atoms with E-state index in [4.69, 9.17) is 15.0 Å². The fraction of sp³-hybridized carbons (Fsp3) is 0. The van der Waals surface area contributed by atoms with E-state index in [0.717, 1.165) is 22.3 Å². The highest BCUT2D eigenvalue weighted by molar-refractivity contribution is 7.26. The first-order valence-corrected chi connectivity index (χ1v) is 15.9. The standard InChI is InChI=1S/C41H25N3S/c1-3-12-26(13-4-1)39-42-40(27-14-5-2-6-15-27)44-41(43-39)30-18-11-17-28(24-30)35-25-29-16-7-8-19-31(29)33-22-23-34-32-20-9-10-21-36(32)45-38(34)37(33)35/h1-25H. The van der Waals surface area contributed by atoms with E-state index in [0.29, 0.717) is 17.5 Å². The van der Waals surface area contributed by atoms with Crippen LogP contribution in [0.25, 0.3) is 87.0 Å². The highest BCUT2D eigenvalue weighted by Crippen LogP contribution is 2.45. The van der Waals surface area contributed by atoms with Gasteiger partial charge in [0, 0.05) is 42.2 Å². The van der Waals surface area contributed by atoms with E-state index < -0.39 is 0 Å². The summed E-state index contributed by atoms with van der Waals surface area (Å²) in [6.07, 6.45) is 0. The minimum Gasteiger partial charge on any atom is -0.208 e. The Morgan fingerprint density at radius 3 is 1.67 bits per heavy atom. The lowest BCUT2D eigenvalue weighted by Crippen LogP contribution is -2.00. The van der Waals surface area contributed by atoms with Crippen LogP contribution in [-0.4, -0.2) is 15.0 Å². The van der Waals surface area contributed by atoms with Crippen LogP contribution in [0.15, 0.2) is 152 Å². The van der Waals surface area contributed by atoms with Crippen molar-refractivity contribution in [1.29, 1.82) is 0 Å². The third-order valence-electron chi connectivity index (χ3n) is 8.50. The number of benzene rings is 7. The topological polar surface area (TPSA) is 38.7 Å². The third kappa shape index (κ3) is 4.38. The van der Waals surface area contributed by atoms with E-state index in [1.807, 2.05) is 72.0 Å². The molecule has 4 heteroatoms. The highest BCUT2D eigenvalue weighted by atomic mass is 32.1. The van der Waals surface area contributed by atoms with E-state index in [1.165, 1.54) is 47.3 Å². The van der Waals surface area contributed by atoms with Gasteiger partial charge in [-0.15, -0.1) is 11.3 Å². The maximum Gasteiger partial charge on any atom is 0.164 e.